The number of aryl methyl sites for hydroxylation is 2. The quantitative estimate of drug-likeness (QED) is 0.496. The van der Waals surface area contributed by atoms with Gasteiger partial charge in [-0.05, 0) is 46.6 Å². The second kappa shape index (κ2) is 7.21. The Morgan fingerprint density at radius 3 is 2.81 bits per heavy atom. The molecule has 2 aromatic carbocycles. The Bertz CT molecular complexity index is 1150. The SMILES string of the molecule is CCc1nnc2sc(-c3ccc(C)c(NC(=O)c4ccccc4Br)c3)nn12. The number of rotatable bonds is 4. The molecular formula is C19H16BrN5OS. The molecule has 4 aromatic rings. The number of benzene rings is 2. The second-order valence-electron chi connectivity index (χ2n) is 6.04. The Hall–Kier alpha value is -2.58. The van der Waals surface area contributed by atoms with Gasteiger partial charge in [0.1, 0.15) is 5.01 Å². The normalized spacial score (nSPS) is 11.1. The van der Waals surface area contributed by atoms with Gasteiger partial charge < -0.3 is 5.32 Å². The molecule has 0 atom stereocenters. The third-order valence-corrected chi connectivity index (χ3v) is 5.86. The number of nitrogens with one attached hydrogen (secondary N) is 1. The zero-order valence-electron chi connectivity index (χ0n) is 14.7. The summed E-state index contributed by atoms with van der Waals surface area (Å²) in [5.74, 6) is 0.677. The van der Waals surface area contributed by atoms with E-state index in [0.717, 1.165) is 43.5 Å². The molecule has 8 heteroatoms. The molecule has 2 heterocycles. The van der Waals surface area contributed by atoms with E-state index in [9.17, 15) is 4.79 Å². The third kappa shape index (κ3) is 3.38. The summed E-state index contributed by atoms with van der Waals surface area (Å²) >= 11 is 4.90. The first-order chi connectivity index (χ1) is 13.1. The number of amides is 1. The maximum Gasteiger partial charge on any atom is 0.256 e. The summed E-state index contributed by atoms with van der Waals surface area (Å²) in [5, 5.41) is 16.8. The molecule has 27 heavy (non-hydrogen) atoms. The van der Waals surface area contributed by atoms with Crippen LogP contribution in [0.15, 0.2) is 46.9 Å². The Morgan fingerprint density at radius 2 is 2.04 bits per heavy atom. The Morgan fingerprint density at radius 1 is 1.22 bits per heavy atom. The molecule has 0 unspecified atom stereocenters. The maximum absolute atomic E-state index is 12.6. The maximum atomic E-state index is 12.6. The Labute approximate surface area is 168 Å². The van der Waals surface area contributed by atoms with Gasteiger partial charge in [0, 0.05) is 22.1 Å². The zero-order chi connectivity index (χ0) is 19.0. The van der Waals surface area contributed by atoms with Crippen LogP contribution >= 0.6 is 27.3 Å². The number of fused-ring (bicyclic) bond motifs is 1. The van der Waals surface area contributed by atoms with Gasteiger partial charge in [-0.1, -0.05) is 42.5 Å². The number of nitrogens with zero attached hydrogens (tertiary/aromatic N) is 4. The van der Waals surface area contributed by atoms with Gasteiger partial charge >= 0.3 is 0 Å². The van der Waals surface area contributed by atoms with Crippen LogP contribution in [-0.2, 0) is 6.42 Å². The first-order valence-electron chi connectivity index (χ1n) is 8.45. The average Bonchev–Trinajstić information content (AvgIpc) is 3.24. The largest absolute Gasteiger partial charge is 0.322 e. The van der Waals surface area contributed by atoms with E-state index in [1.54, 1.807) is 10.6 Å². The van der Waals surface area contributed by atoms with Crippen LogP contribution in [0.4, 0.5) is 5.69 Å². The van der Waals surface area contributed by atoms with Gasteiger partial charge in [-0.2, -0.15) is 9.61 Å². The van der Waals surface area contributed by atoms with E-state index in [1.165, 1.54) is 11.3 Å². The molecule has 1 N–H and O–H groups in total. The Balaban J connectivity index is 1.67. The topological polar surface area (TPSA) is 72.2 Å². The van der Waals surface area contributed by atoms with E-state index in [0.29, 0.717) is 5.56 Å². The van der Waals surface area contributed by atoms with Gasteiger partial charge in [0.25, 0.3) is 5.91 Å². The fourth-order valence-corrected chi connectivity index (χ4v) is 4.04. The van der Waals surface area contributed by atoms with Crippen LogP contribution in [-0.4, -0.2) is 25.7 Å². The predicted octanol–water partition coefficient (Wildman–Crippen LogP) is 4.74. The van der Waals surface area contributed by atoms with Gasteiger partial charge in [-0.15, -0.1) is 10.2 Å². The summed E-state index contributed by atoms with van der Waals surface area (Å²) in [5.41, 5.74) is 3.26. The first kappa shape index (κ1) is 17.8. The molecule has 0 fully saturated rings. The van der Waals surface area contributed by atoms with Crippen LogP contribution in [0.1, 0.15) is 28.7 Å². The number of hydrogen-bond acceptors (Lipinski definition) is 5. The molecular weight excluding hydrogens is 426 g/mol. The van der Waals surface area contributed by atoms with E-state index < -0.39 is 0 Å². The summed E-state index contributed by atoms with van der Waals surface area (Å²) in [4.78, 5) is 13.4. The van der Waals surface area contributed by atoms with Gasteiger partial charge in [-0.25, -0.2) is 0 Å². The summed E-state index contributed by atoms with van der Waals surface area (Å²) < 4.78 is 2.54. The molecule has 0 saturated heterocycles. The van der Waals surface area contributed by atoms with Crippen molar-refractivity contribution in [2.24, 2.45) is 0 Å². The molecule has 2 aromatic heterocycles. The minimum Gasteiger partial charge on any atom is -0.322 e. The molecule has 0 aliphatic carbocycles. The highest BCUT2D eigenvalue weighted by molar-refractivity contribution is 9.10. The number of halogens is 1. The minimum atomic E-state index is -0.158. The van der Waals surface area contributed by atoms with Crippen LogP contribution in [0.2, 0.25) is 0 Å². The van der Waals surface area contributed by atoms with Crippen molar-refractivity contribution < 1.29 is 4.79 Å². The molecule has 0 radical (unpaired) electrons. The molecule has 136 valence electrons. The fourth-order valence-electron chi connectivity index (χ4n) is 2.72. The molecule has 6 nitrogen and oxygen atoms in total. The summed E-state index contributed by atoms with van der Waals surface area (Å²) in [7, 11) is 0. The Kier molecular flexibility index (Phi) is 4.75. The lowest BCUT2D eigenvalue weighted by atomic mass is 10.1. The van der Waals surface area contributed by atoms with Crippen molar-refractivity contribution in [3.8, 4) is 10.6 Å². The number of hydrogen-bond donors (Lipinski definition) is 1. The van der Waals surface area contributed by atoms with Crippen molar-refractivity contribution in [2.45, 2.75) is 20.3 Å². The van der Waals surface area contributed by atoms with Gasteiger partial charge in [0.05, 0.1) is 5.56 Å². The van der Waals surface area contributed by atoms with Crippen LogP contribution in [0, 0.1) is 6.92 Å². The highest BCUT2D eigenvalue weighted by Gasteiger charge is 2.15. The number of aromatic nitrogens is 4. The van der Waals surface area contributed by atoms with Crippen molar-refractivity contribution >= 4 is 43.8 Å². The lowest BCUT2D eigenvalue weighted by Gasteiger charge is -2.10. The van der Waals surface area contributed by atoms with Crippen molar-refractivity contribution in [3.63, 3.8) is 0 Å². The van der Waals surface area contributed by atoms with Crippen LogP contribution in [0.25, 0.3) is 15.5 Å². The highest BCUT2D eigenvalue weighted by atomic mass is 79.9. The van der Waals surface area contributed by atoms with E-state index >= 15 is 0 Å². The van der Waals surface area contributed by atoms with E-state index in [1.807, 2.05) is 50.2 Å². The van der Waals surface area contributed by atoms with E-state index in [-0.39, 0.29) is 5.91 Å². The summed E-state index contributed by atoms with van der Waals surface area (Å²) in [6.45, 7) is 3.99. The fraction of sp³-hybridized carbons (Fsp3) is 0.158. The zero-order valence-corrected chi connectivity index (χ0v) is 17.1. The van der Waals surface area contributed by atoms with Crippen LogP contribution < -0.4 is 5.32 Å². The van der Waals surface area contributed by atoms with Crippen molar-refractivity contribution in [3.05, 3.63) is 63.9 Å². The predicted molar refractivity (Wildman–Crippen MR) is 110 cm³/mol. The van der Waals surface area contributed by atoms with E-state index in [4.69, 9.17) is 0 Å². The monoisotopic (exact) mass is 441 g/mol. The summed E-state index contributed by atoms with van der Waals surface area (Å²) in [6.07, 6.45) is 0.769. The first-order valence-corrected chi connectivity index (χ1v) is 10.1. The van der Waals surface area contributed by atoms with Crippen molar-refractivity contribution in [1.29, 1.82) is 0 Å². The molecule has 4 rings (SSSR count). The smallest absolute Gasteiger partial charge is 0.256 e. The molecule has 0 bridgehead atoms. The average molecular weight is 442 g/mol. The van der Waals surface area contributed by atoms with E-state index in [2.05, 4.69) is 36.5 Å². The number of carbonyl (C=O) groups is 1. The molecule has 0 aliphatic heterocycles. The standard InChI is InChI=1S/C19H16BrN5OS/c1-3-16-22-23-19-25(16)24-18(27-19)12-9-8-11(2)15(10-12)21-17(26)13-6-4-5-7-14(13)20/h4-10H,3H2,1-2H3,(H,21,26). The lowest BCUT2D eigenvalue weighted by molar-refractivity contribution is 0.102. The molecule has 0 saturated carbocycles. The molecule has 0 spiro atoms. The lowest BCUT2D eigenvalue weighted by Crippen LogP contribution is -2.13. The van der Waals surface area contributed by atoms with Crippen molar-refractivity contribution in [1.82, 2.24) is 19.8 Å². The van der Waals surface area contributed by atoms with Gasteiger partial charge in [-0.3, -0.25) is 4.79 Å². The van der Waals surface area contributed by atoms with Crippen LogP contribution in [0.3, 0.4) is 0 Å². The van der Waals surface area contributed by atoms with Gasteiger partial charge in [0.2, 0.25) is 4.96 Å². The van der Waals surface area contributed by atoms with Gasteiger partial charge in [0.15, 0.2) is 5.82 Å². The van der Waals surface area contributed by atoms with Crippen molar-refractivity contribution in [2.75, 3.05) is 5.32 Å². The number of carbonyl (C=O) groups excluding carboxylic acids is 1. The highest BCUT2D eigenvalue weighted by Crippen LogP contribution is 2.29. The molecule has 1 amide bonds. The second-order valence-corrected chi connectivity index (χ2v) is 7.85. The minimum absolute atomic E-state index is 0.158. The third-order valence-electron chi connectivity index (χ3n) is 4.22. The summed E-state index contributed by atoms with van der Waals surface area (Å²) in [6, 6.07) is 13.3. The molecule has 0 aliphatic rings. The van der Waals surface area contributed by atoms with Crippen LogP contribution in [0.5, 0.6) is 0 Å². The number of anilines is 1.